The third kappa shape index (κ3) is 2.73. The van der Waals surface area contributed by atoms with E-state index in [9.17, 15) is 4.79 Å². The minimum atomic E-state index is -0.181. The number of fused-ring (bicyclic) bond motifs is 1. The highest BCUT2D eigenvalue weighted by atomic mass is 79.9. The summed E-state index contributed by atoms with van der Waals surface area (Å²) in [4.78, 5) is 12.3. The highest BCUT2D eigenvalue weighted by molar-refractivity contribution is 9.10. The fraction of sp³-hybridized carbons (Fsp3) is 0.133. The van der Waals surface area contributed by atoms with Gasteiger partial charge in [-0.25, -0.2) is 0 Å². The largest absolute Gasteiger partial charge is 0.372 e. The van der Waals surface area contributed by atoms with Crippen LogP contribution in [-0.4, -0.2) is 5.91 Å². The number of halogens is 2. The molecule has 1 heterocycles. The molecule has 1 aliphatic heterocycles. The second-order valence-corrected chi connectivity index (χ2v) is 5.88. The summed E-state index contributed by atoms with van der Waals surface area (Å²) in [5, 5.41) is 3.32. The number of carbonyl (C=O) groups excluding carboxylic acids is 1. The van der Waals surface area contributed by atoms with Crippen LogP contribution in [-0.2, 0) is 18.0 Å². The zero-order chi connectivity index (χ0) is 14.1. The molecule has 0 unspecified atom stereocenters. The van der Waals surface area contributed by atoms with E-state index in [1.807, 2.05) is 18.2 Å². The van der Waals surface area contributed by atoms with Crippen LogP contribution < -0.4 is 5.32 Å². The van der Waals surface area contributed by atoms with Gasteiger partial charge in [0, 0.05) is 10.0 Å². The topological polar surface area (TPSA) is 38.3 Å². The monoisotopic (exact) mass is 351 g/mol. The van der Waals surface area contributed by atoms with E-state index in [4.69, 9.17) is 16.3 Å². The van der Waals surface area contributed by atoms with Crippen molar-refractivity contribution in [3.63, 3.8) is 0 Å². The maximum Gasteiger partial charge on any atom is 0.255 e. The first-order valence-electron chi connectivity index (χ1n) is 6.09. The molecule has 0 fully saturated rings. The Kier molecular flexibility index (Phi) is 3.78. The molecule has 0 aliphatic carbocycles. The Hall–Kier alpha value is -1.36. The Balaban J connectivity index is 1.84. The first-order valence-corrected chi connectivity index (χ1v) is 7.26. The molecule has 0 saturated carbocycles. The summed E-state index contributed by atoms with van der Waals surface area (Å²) in [6, 6.07) is 10.9. The third-order valence-corrected chi connectivity index (χ3v) is 3.98. The van der Waals surface area contributed by atoms with E-state index in [1.165, 1.54) is 0 Å². The summed E-state index contributed by atoms with van der Waals surface area (Å²) in [5.74, 6) is -0.181. The van der Waals surface area contributed by atoms with Crippen molar-refractivity contribution >= 4 is 39.1 Å². The van der Waals surface area contributed by atoms with Crippen molar-refractivity contribution in [2.75, 3.05) is 5.32 Å². The van der Waals surface area contributed by atoms with Gasteiger partial charge in [-0.15, -0.1) is 0 Å². The number of ether oxygens (including phenoxy) is 1. The molecular weight excluding hydrogens is 342 g/mol. The van der Waals surface area contributed by atoms with Gasteiger partial charge in [-0.3, -0.25) is 4.79 Å². The molecule has 0 saturated heterocycles. The molecule has 0 radical (unpaired) electrons. The van der Waals surface area contributed by atoms with Gasteiger partial charge < -0.3 is 10.1 Å². The first kappa shape index (κ1) is 13.6. The average molecular weight is 353 g/mol. The standard InChI is InChI=1S/C15H11BrClNO2/c16-12-3-4-13(17)14(6-12)18-15(19)9-1-2-10-7-20-8-11(10)5-9/h1-6H,7-8H2,(H,18,19). The van der Waals surface area contributed by atoms with Crippen LogP contribution in [0, 0.1) is 0 Å². The van der Waals surface area contributed by atoms with E-state index in [2.05, 4.69) is 21.2 Å². The predicted molar refractivity (Wildman–Crippen MR) is 82.0 cm³/mol. The fourth-order valence-electron chi connectivity index (χ4n) is 2.10. The Labute approximate surface area is 130 Å². The maximum absolute atomic E-state index is 12.3. The van der Waals surface area contributed by atoms with Gasteiger partial charge in [0.25, 0.3) is 5.91 Å². The number of carbonyl (C=O) groups is 1. The number of benzene rings is 2. The Morgan fingerprint density at radius 1 is 1.15 bits per heavy atom. The lowest BCUT2D eigenvalue weighted by atomic mass is 10.1. The summed E-state index contributed by atoms with van der Waals surface area (Å²) < 4.78 is 6.20. The van der Waals surface area contributed by atoms with Crippen LogP contribution in [0.3, 0.4) is 0 Å². The lowest BCUT2D eigenvalue weighted by molar-refractivity contribution is 0.102. The number of hydrogen-bond acceptors (Lipinski definition) is 2. The fourth-order valence-corrected chi connectivity index (χ4v) is 2.63. The lowest BCUT2D eigenvalue weighted by Crippen LogP contribution is -2.12. The zero-order valence-corrected chi connectivity index (χ0v) is 12.8. The summed E-state index contributed by atoms with van der Waals surface area (Å²) in [5.41, 5.74) is 3.40. The van der Waals surface area contributed by atoms with Crippen LogP contribution in [0.25, 0.3) is 0 Å². The molecule has 0 spiro atoms. The van der Waals surface area contributed by atoms with Crippen molar-refractivity contribution < 1.29 is 9.53 Å². The van der Waals surface area contributed by atoms with Crippen LogP contribution in [0.2, 0.25) is 5.02 Å². The minimum absolute atomic E-state index is 0.181. The highest BCUT2D eigenvalue weighted by Crippen LogP contribution is 2.27. The first-order chi connectivity index (χ1) is 9.63. The van der Waals surface area contributed by atoms with Crippen LogP contribution in [0.4, 0.5) is 5.69 Å². The number of amides is 1. The van der Waals surface area contributed by atoms with Crippen molar-refractivity contribution in [1.29, 1.82) is 0 Å². The third-order valence-electron chi connectivity index (χ3n) is 3.16. The highest BCUT2D eigenvalue weighted by Gasteiger charge is 2.15. The summed E-state index contributed by atoms with van der Waals surface area (Å²) in [6.07, 6.45) is 0. The van der Waals surface area contributed by atoms with Crippen LogP contribution in [0.5, 0.6) is 0 Å². The molecule has 3 rings (SSSR count). The van der Waals surface area contributed by atoms with E-state index < -0.39 is 0 Å². The van der Waals surface area contributed by atoms with Crippen LogP contribution in [0.1, 0.15) is 21.5 Å². The van der Waals surface area contributed by atoms with Gasteiger partial charge in [-0.1, -0.05) is 33.6 Å². The SMILES string of the molecule is O=C(Nc1cc(Br)ccc1Cl)c1ccc2c(c1)COC2. The van der Waals surface area contributed by atoms with Gasteiger partial charge in [-0.2, -0.15) is 0 Å². The van der Waals surface area contributed by atoms with Gasteiger partial charge in [0.1, 0.15) is 0 Å². The molecule has 1 amide bonds. The molecule has 20 heavy (non-hydrogen) atoms. The summed E-state index contributed by atoms with van der Waals surface area (Å²) >= 11 is 9.42. The van der Waals surface area contributed by atoms with Gasteiger partial charge in [-0.05, 0) is 41.5 Å². The van der Waals surface area contributed by atoms with E-state index in [0.717, 1.165) is 15.6 Å². The van der Waals surface area contributed by atoms with Crippen LogP contribution in [0.15, 0.2) is 40.9 Å². The molecule has 3 nitrogen and oxygen atoms in total. The summed E-state index contributed by atoms with van der Waals surface area (Å²) in [6.45, 7) is 1.18. The molecule has 5 heteroatoms. The second kappa shape index (κ2) is 5.56. The van der Waals surface area contributed by atoms with Gasteiger partial charge in [0.05, 0.1) is 23.9 Å². The molecule has 2 aromatic rings. The quantitative estimate of drug-likeness (QED) is 0.871. The van der Waals surface area contributed by atoms with Gasteiger partial charge >= 0.3 is 0 Å². The smallest absolute Gasteiger partial charge is 0.255 e. The number of hydrogen-bond donors (Lipinski definition) is 1. The second-order valence-electron chi connectivity index (χ2n) is 4.55. The van der Waals surface area contributed by atoms with E-state index >= 15 is 0 Å². The molecule has 2 aromatic carbocycles. The van der Waals surface area contributed by atoms with Crippen molar-refractivity contribution in [3.8, 4) is 0 Å². The molecule has 0 bridgehead atoms. The van der Waals surface area contributed by atoms with E-state index in [1.54, 1.807) is 18.2 Å². The van der Waals surface area contributed by atoms with E-state index in [-0.39, 0.29) is 5.91 Å². The number of nitrogens with one attached hydrogen (secondary N) is 1. The molecule has 102 valence electrons. The molecule has 0 aromatic heterocycles. The zero-order valence-electron chi connectivity index (χ0n) is 10.5. The molecular formula is C15H11BrClNO2. The Morgan fingerprint density at radius 3 is 2.80 bits per heavy atom. The Morgan fingerprint density at radius 2 is 1.95 bits per heavy atom. The summed E-state index contributed by atoms with van der Waals surface area (Å²) in [7, 11) is 0. The molecule has 1 N–H and O–H groups in total. The number of rotatable bonds is 2. The number of anilines is 1. The minimum Gasteiger partial charge on any atom is -0.372 e. The average Bonchev–Trinajstić information content (AvgIpc) is 2.90. The van der Waals surface area contributed by atoms with Gasteiger partial charge in [0.15, 0.2) is 0 Å². The maximum atomic E-state index is 12.3. The van der Waals surface area contributed by atoms with Crippen LogP contribution >= 0.6 is 27.5 Å². The molecule has 0 atom stereocenters. The predicted octanol–water partition coefficient (Wildman–Crippen LogP) is 4.39. The Bertz CT molecular complexity index is 688. The van der Waals surface area contributed by atoms with Crippen molar-refractivity contribution in [2.24, 2.45) is 0 Å². The van der Waals surface area contributed by atoms with E-state index in [0.29, 0.717) is 29.5 Å². The van der Waals surface area contributed by atoms with Crippen molar-refractivity contribution in [1.82, 2.24) is 0 Å². The lowest BCUT2D eigenvalue weighted by Gasteiger charge is -2.08. The van der Waals surface area contributed by atoms with Gasteiger partial charge in [0.2, 0.25) is 0 Å². The van der Waals surface area contributed by atoms with Crippen molar-refractivity contribution in [2.45, 2.75) is 13.2 Å². The van der Waals surface area contributed by atoms with Crippen molar-refractivity contribution in [3.05, 3.63) is 62.6 Å². The normalized spacial score (nSPS) is 13.1. The molecule has 1 aliphatic rings.